The molecule has 110 valence electrons. The zero-order valence-electron chi connectivity index (χ0n) is 11.6. The number of imide groups is 1. The number of rotatable bonds is 1. The van der Waals surface area contributed by atoms with Crippen molar-refractivity contribution in [2.45, 2.75) is 26.4 Å². The highest BCUT2D eigenvalue weighted by molar-refractivity contribution is 6.09. The first-order valence-corrected chi connectivity index (χ1v) is 5.72. The van der Waals surface area contributed by atoms with Gasteiger partial charge in [-0.05, 0) is 32.9 Å². The van der Waals surface area contributed by atoms with Gasteiger partial charge in [0.1, 0.15) is 17.2 Å². The molecule has 0 saturated carbocycles. The van der Waals surface area contributed by atoms with Crippen molar-refractivity contribution in [1.29, 1.82) is 0 Å². The summed E-state index contributed by atoms with van der Waals surface area (Å²) < 4.78 is 36.2. The number of halogens is 2. The Morgan fingerprint density at radius 2 is 1.75 bits per heavy atom. The molecule has 20 heavy (non-hydrogen) atoms. The fraction of sp³-hybridized carbons (Fsp3) is 0.385. The summed E-state index contributed by atoms with van der Waals surface area (Å²) in [5, 5.41) is 0. The minimum atomic E-state index is -1.18. The van der Waals surface area contributed by atoms with Gasteiger partial charge in [0.2, 0.25) is 0 Å². The first-order valence-electron chi connectivity index (χ1n) is 5.72. The fourth-order valence-corrected chi connectivity index (χ4v) is 1.33. The number of hydrogen-bond acceptors (Lipinski definition) is 4. The van der Waals surface area contributed by atoms with Gasteiger partial charge < -0.3 is 9.47 Å². The third-order valence-electron chi connectivity index (χ3n) is 2.08. The summed E-state index contributed by atoms with van der Waals surface area (Å²) in [6.07, 6.45) is -2.34. The highest BCUT2D eigenvalue weighted by Crippen LogP contribution is 2.23. The molecule has 0 spiro atoms. The normalized spacial score (nSPS) is 10.9. The molecule has 0 saturated heterocycles. The van der Waals surface area contributed by atoms with Crippen LogP contribution in [0.2, 0.25) is 0 Å². The van der Waals surface area contributed by atoms with Gasteiger partial charge in [0.25, 0.3) is 0 Å². The molecule has 5 nitrogen and oxygen atoms in total. The van der Waals surface area contributed by atoms with E-state index >= 15 is 0 Å². The molecule has 1 aromatic rings. The van der Waals surface area contributed by atoms with Gasteiger partial charge in [-0.25, -0.2) is 18.4 Å². The van der Waals surface area contributed by atoms with Crippen molar-refractivity contribution in [3.63, 3.8) is 0 Å². The van der Waals surface area contributed by atoms with Crippen LogP contribution in [0.4, 0.5) is 24.1 Å². The highest BCUT2D eigenvalue weighted by atomic mass is 19.1. The minimum absolute atomic E-state index is 0.295. The Morgan fingerprint density at radius 3 is 2.25 bits per heavy atom. The Morgan fingerprint density at radius 1 is 1.15 bits per heavy atom. The van der Waals surface area contributed by atoms with Gasteiger partial charge in [-0.1, -0.05) is 0 Å². The summed E-state index contributed by atoms with van der Waals surface area (Å²) in [4.78, 5) is 23.8. The molecule has 0 unspecified atom stereocenters. The van der Waals surface area contributed by atoms with Crippen LogP contribution in [0.15, 0.2) is 18.2 Å². The number of benzene rings is 1. The number of carbonyl (C=O) groups is 2. The molecule has 0 heterocycles. The lowest BCUT2D eigenvalue weighted by Gasteiger charge is -2.25. The molecular formula is C13H15F2NO4. The van der Waals surface area contributed by atoms with E-state index in [1.807, 2.05) is 0 Å². The average Bonchev–Trinajstić information content (AvgIpc) is 2.31. The molecule has 0 radical (unpaired) electrons. The van der Waals surface area contributed by atoms with Crippen molar-refractivity contribution in [2.24, 2.45) is 0 Å². The molecule has 0 N–H and O–H groups in total. The molecule has 0 fully saturated rings. The van der Waals surface area contributed by atoms with Crippen LogP contribution in [0.5, 0.6) is 0 Å². The molecule has 7 heteroatoms. The Bertz CT molecular complexity index is 526. The SMILES string of the molecule is COC(=O)N(C(=O)OC(C)(C)C)c1cc(F)ccc1F. The van der Waals surface area contributed by atoms with E-state index in [0.717, 1.165) is 19.2 Å². The third kappa shape index (κ3) is 3.91. The maximum absolute atomic E-state index is 13.7. The zero-order chi connectivity index (χ0) is 15.5. The number of methoxy groups -OCH3 is 1. The lowest BCUT2D eigenvalue weighted by atomic mass is 10.2. The van der Waals surface area contributed by atoms with Crippen LogP contribution >= 0.6 is 0 Å². The van der Waals surface area contributed by atoms with E-state index in [9.17, 15) is 18.4 Å². The summed E-state index contributed by atoms with van der Waals surface area (Å²) in [6, 6.07) is 2.37. The van der Waals surface area contributed by atoms with E-state index in [1.165, 1.54) is 0 Å². The van der Waals surface area contributed by atoms with Crippen LogP contribution in [-0.4, -0.2) is 24.9 Å². The minimum Gasteiger partial charge on any atom is -0.452 e. The Kier molecular flexibility index (Phi) is 4.65. The smallest absolute Gasteiger partial charge is 0.424 e. The number of nitrogens with zero attached hydrogens (tertiary/aromatic N) is 1. The van der Waals surface area contributed by atoms with E-state index in [0.29, 0.717) is 11.0 Å². The predicted octanol–water partition coefficient (Wildman–Crippen LogP) is 3.47. The second-order valence-corrected chi connectivity index (χ2v) is 4.88. The first kappa shape index (κ1) is 15.9. The molecule has 0 aliphatic rings. The largest absolute Gasteiger partial charge is 0.452 e. The van der Waals surface area contributed by atoms with E-state index in [1.54, 1.807) is 20.8 Å². The van der Waals surface area contributed by atoms with Crippen LogP contribution in [0.1, 0.15) is 20.8 Å². The summed E-state index contributed by atoms with van der Waals surface area (Å²) in [5.74, 6) is -1.76. The van der Waals surface area contributed by atoms with E-state index < -0.39 is 35.1 Å². The van der Waals surface area contributed by atoms with Crippen molar-refractivity contribution in [2.75, 3.05) is 12.0 Å². The highest BCUT2D eigenvalue weighted by Gasteiger charge is 2.31. The molecule has 2 amide bonds. The van der Waals surface area contributed by atoms with Crippen LogP contribution < -0.4 is 4.90 Å². The number of ether oxygens (including phenoxy) is 2. The monoisotopic (exact) mass is 287 g/mol. The maximum atomic E-state index is 13.7. The Hall–Kier alpha value is -2.18. The molecule has 1 aromatic carbocycles. The third-order valence-corrected chi connectivity index (χ3v) is 2.08. The van der Waals surface area contributed by atoms with E-state index in [4.69, 9.17) is 4.74 Å². The number of carbonyl (C=O) groups excluding carboxylic acids is 2. The van der Waals surface area contributed by atoms with Crippen molar-refractivity contribution in [1.82, 2.24) is 0 Å². The van der Waals surface area contributed by atoms with Crippen molar-refractivity contribution in [3.05, 3.63) is 29.8 Å². The quantitative estimate of drug-likeness (QED) is 0.793. The van der Waals surface area contributed by atoms with Crippen molar-refractivity contribution >= 4 is 17.9 Å². The Balaban J connectivity index is 3.22. The second kappa shape index (κ2) is 5.85. The van der Waals surface area contributed by atoms with Gasteiger partial charge in [0.15, 0.2) is 0 Å². The van der Waals surface area contributed by atoms with Gasteiger partial charge >= 0.3 is 12.2 Å². The summed E-state index contributed by atoms with van der Waals surface area (Å²) in [6.45, 7) is 4.72. The van der Waals surface area contributed by atoms with Gasteiger partial charge in [-0.2, -0.15) is 4.90 Å². The summed E-state index contributed by atoms with van der Waals surface area (Å²) in [7, 11) is 1.01. The molecule has 0 aromatic heterocycles. The lowest BCUT2D eigenvalue weighted by Crippen LogP contribution is -2.41. The fourth-order valence-electron chi connectivity index (χ4n) is 1.33. The molecule has 0 aliphatic heterocycles. The van der Waals surface area contributed by atoms with Crippen molar-refractivity contribution in [3.8, 4) is 0 Å². The topological polar surface area (TPSA) is 55.8 Å². The Labute approximate surface area is 115 Å². The van der Waals surface area contributed by atoms with Gasteiger partial charge in [0.05, 0.1) is 12.8 Å². The number of amides is 2. The van der Waals surface area contributed by atoms with Crippen LogP contribution in [0.25, 0.3) is 0 Å². The van der Waals surface area contributed by atoms with Crippen LogP contribution in [-0.2, 0) is 9.47 Å². The average molecular weight is 287 g/mol. The lowest BCUT2D eigenvalue weighted by molar-refractivity contribution is 0.0574. The van der Waals surface area contributed by atoms with Crippen LogP contribution in [0, 0.1) is 11.6 Å². The summed E-state index contributed by atoms with van der Waals surface area (Å²) >= 11 is 0. The molecule has 1 rings (SSSR count). The second-order valence-electron chi connectivity index (χ2n) is 4.88. The molecule has 0 atom stereocenters. The van der Waals surface area contributed by atoms with Gasteiger partial charge in [-0.3, -0.25) is 0 Å². The van der Waals surface area contributed by atoms with Crippen LogP contribution in [0.3, 0.4) is 0 Å². The van der Waals surface area contributed by atoms with E-state index in [-0.39, 0.29) is 0 Å². The molecule has 0 aliphatic carbocycles. The maximum Gasteiger partial charge on any atom is 0.424 e. The standard InChI is InChI=1S/C13H15F2NO4/c1-13(2,3)20-12(18)16(11(17)19-4)10-7-8(14)5-6-9(10)15/h5-7H,1-4H3. The first-order chi connectivity index (χ1) is 9.15. The number of hydrogen-bond donors (Lipinski definition) is 0. The zero-order valence-corrected chi connectivity index (χ0v) is 11.6. The van der Waals surface area contributed by atoms with E-state index in [2.05, 4.69) is 4.74 Å². The van der Waals surface area contributed by atoms with Gasteiger partial charge in [0, 0.05) is 6.07 Å². The molecular weight excluding hydrogens is 272 g/mol. The van der Waals surface area contributed by atoms with Gasteiger partial charge in [-0.15, -0.1) is 0 Å². The predicted molar refractivity (Wildman–Crippen MR) is 67.5 cm³/mol. The summed E-state index contributed by atoms with van der Waals surface area (Å²) in [5.41, 5.74) is -1.49. The number of anilines is 1. The molecule has 0 bridgehead atoms. The van der Waals surface area contributed by atoms with Crippen molar-refractivity contribution < 1.29 is 27.8 Å².